The van der Waals surface area contributed by atoms with Crippen LogP contribution >= 0.6 is 0 Å². The lowest BCUT2D eigenvalue weighted by Crippen LogP contribution is -2.21. The highest BCUT2D eigenvalue weighted by atomic mass is 16.5. The summed E-state index contributed by atoms with van der Waals surface area (Å²) in [5, 5.41) is 2.87. The number of ether oxygens (including phenoxy) is 1. The third kappa shape index (κ3) is 4.39. The van der Waals surface area contributed by atoms with Crippen LogP contribution in [0.1, 0.15) is 5.69 Å². The van der Waals surface area contributed by atoms with E-state index >= 15 is 0 Å². The molecular formula is C14H15N3O2. The fraction of sp³-hybridized carbons (Fsp3) is 0.214. The van der Waals surface area contributed by atoms with Crippen LogP contribution in [0.2, 0.25) is 0 Å². The molecule has 0 spiro atoms. The molecule has 0 unspecified atom stereocenters. The molecule has 5 nitrogen and oxygen atoms in total. The number of aromatic nitrogens is 2. The first-order valence-corrected chi connectivity index (χ1v) is 5.97. The molecule has 0 fully saturated rings. The van der Waals surface area contributed by atoms with Gasteiger partial charge in [0.1, 0.15) is 12.4 Å². The van der Waals surface area contributed by atoms with Gasteiger partial charge in [-0.25, -0.2) is 9.97 Å². The lowest BCUT2D eigenvalue weighted by molar-refractivity contribution is -0.119. The number of nitrogens with one attached hydrogen (secondary N) is 1. The molecule has 2 rings (SSSR count). The molecule has 1 aromatic heterocycles. The number of hydrogen-bond donors (Lipinski definition) is 1. The van der Waals surface area contributed by atoms with E-state index in [1.165, 1.54) is 0 Å². The lowest BCUT2D eigenvalue weighted by atomic mass is 10.3. The normalized spacial score (nSPS) is 9.95. The Labute approximate surface area is 111 Å². The summed E-state index contributed by atoms with van der Waals surface area (Å²) in [4.78, 5) is 19.8. The number of ketones is 1. The largest absolute Gasteiger partial charge is 0.486 e. The number of Topliss-reactive ketones (excluding diaryl/α,β-unsaturated/α-hetero) is 1. The molecule has 98 valence electrons. The third-order valence-electron chi connectivity index (χ3n) is 2.38. The zero-order valence-corrected chi connectivity index (χ0v) is 10.7. The minimum Gasteiger partial charge on any atom is -0.486 e. The standard InChI is InChI=1S/C14H15N3O2/c1-11-7-8-15-14(17-11)16-9-12(18)10-19-13-5-3-2-4-6-13/h2-8H,9-10H2,1H3,(H,15,16,17). The van der Waals surface area contributed by atoms with Gasteiger partial charge in [0.2, 0.25) is 5.95 Å². The fourth-order valence-corrected chi connectivity index (χ4v) is 1.44. The van der Waals surface area contributed by atoms with Crippen LogP contribution in [-0.4, -0.2) is 28.9 Å². The van der Waals surface area contributed by atoms with Gasteiger partial charge in [0.05, 0.1) is 6.54 Å². The minimum atomic E-state index is -0.0611. The zero-order chi connectivity index (χ0) is 13.5. The third-order valence-corrected chi connectivity index (χ3v) is 2.38. The van der Waals surface area contributed by atoms with E-state index in [-0.39, 0.29) is 18.9 Å². The Morgan fingerprint density at radius 2 is 2.05 bits per heavy atom. The van der Waals surface area contributed by atoms with E-state index in [1.807, 2.05) is 37.3 Å². The van der Waals surface area contributed by atoms with Crippen molar-refractivity contribution in [2.75, 3.05) is 18.5 Å². The first kappa shape index (κ1) is 13.0. The van der Waals surface area contributed by atoms with Crippen molar-refractivity contribution >= 4 is 11.7 Å². The number of nitrogens with zero attached hydrogens (tertiary/aromatic N) is 2. The monoisotopic (exact) mass is 257 g/mol. The number of carbonyl (C=O) groups is 1. The smallest absolute Gasteiger partial charge is 0.223 e. The maximum absolute atomic E-state index is 11.6. The lowest BCUT2D eigenvalue weighted by Gasteiger charge is -2.06. The molecule has 0 amide bonds. The van der Waals surface area contributed by atoms with Gasteiger partial charge in [-0.15, -0.1) is 0 Å². The molecule has 0 radical (unpaired) electrons. The van der Waals surface area contributed by atoms with Gasteiger partial charge in [-0.2, -0.15) is 0 Å². The maximum atomic E-state index is 11.6. The fourth-order valence-electron chi connectivity index (χ4n) is 1.44. The molecule has 0 bridgehead atoms. The van der Waals surface area contributed by atoms with E-state index in [2.05, 4.69) is 15.3 Å². The highest BCUT2D eigenvalue weighted by Crippen LogP contribution is 2.07. The molecule has 1 heterocycles. The Morgan fingerprint density at radius 3 is 2.79 bits per heavy atom. The second-order valence-corrected chi connectivity index (χ2v) is 4.02. The van der Waals surface area contributed by atoms with Gasteiger partial charge in [-0.05, 0) is 25.1 Å². The number of hydrogen-bond acceptors (Lipinski definition) is 5. The Balaban J connectivity index is 1.76. The quantitative estimate of drug-likeness (QED) is 0.855. The van der Waals surface area contributed by atoms with Crippen molar-refractivity contribution in [2.45, 2.75) is 6.92 Å². The Hall–Kier alpha value is -2.43. The van der Waals surface area contributed by atoms with Crippen LogP contribution in [0.5, 0.6) is 5.75 Å². The van der Waals surface area contributed by atoms with Crippen molar-refractivity contribution in [2.24, 2.45) is 0 Å². The average molecular weight is 257 g/mol. The van der Waals surface area contributed by atoms with Crippen LogP contribution in [0, 0.1) is 6.92 Å². The number of para-hydroxylation sites is 1. The summed E-state index contributed by atoms with van der Waals surface area (Å²) in [7, 11) is 0. The van der Waals surface area contributed by atoms with Crippen LogP contribution < -0.4 is 10.1 Å². The van der Waals surface area contributed by atoms with Gasteiger partial charge in [0.25, 0.3) is 0 Å². The van der Waals surface area contributed by atoms with Gasteiger partial charge < -0.3 is 10.1 Å². The zero-order valence-electron chi connectivity index (χ0n) is 10.7. The molecule has 5 heteroatoms. The van der Waals surface area contributed by atoms with Crippen LogP contribution in [0.4, 0.5) is 5.95 Å². The number of anilines is 1. The van der Waals surface area contributed by atoms with Crippen LogP contribution in [0.3, 0.4) is 0 Å². The highest BCUT2D eigenvalue weighted by Gasteiger charge is 2.04. The maximum Gasteiger partial charge on any atom is 0.223 e. The summed E-state index contributed by atoms with van der Waals surface area (Å²) in [6.07, 6.45) is 1.65. The van der Waals surface area contributed by atoms with Crippen molar-refractivity contribution in [1.29, 1.82) is 0 Å². The summed E-state index contributed by atoms with van der Waals surface area (Å²) in [5.41, 5.74) is 0.852. The molecule has 0 aliphatic carbocycles. The van der Waals surface area contributed by atoms with Crippen LogP contribution in [0.15, 0.2) is 42.6 Å². The first-order valence-electron chi connectivity index (χ1n) is 5.97. The second kappa shape index (κ2) is 6.49. The Kier molecular flexibility index (Phi) is 4.44. The Morgan fingerprint density at radius 1 is 1.26 bits per heavy atom. The molecule has 0 saturated carbocycles. The molecular weight excluding hydrogens is 242 g/mol. The highest BCUT2D eigenvalue weighted by molar-refractivity contribution is 5.83. The van der Waals surface area contributed by atoms with Crippen molar-refractivity contribution in [3.05, 3.63) is 48.3 Å². The minimum absolute atomic E-state index is 0.0306. The summed E-state index contributed by atoms with van der Waals surface area (Å²) < 4.78 is 5.35. The topological polar surface area (TPSA) is 64.1 Å². The van der Waals surface area contributed by atoms with Gasteiger partial charge in [-0.1, -0.05) is 18.2 Å². The van der Waals surface area contributed by atoms with Gasteiger partial charge in [-0.3, -0.25) is 4.79 Å². The molecule has 2 aromatic rings. The van der Waals surface area contributed by atoms with Gasteiger partial charge >= 0.3 is 0 Å². The molecule has 0 aliphatic heterocycles. The van der Waals surface area contributed by atoms with Gasteiger partial charge in [0.15, 0.2) is 5.78 Å². The molecule has 0 atom stereocenters. The van der Waals surface area contributed by atoms with Gasteiger partial charge in [0, 0.05) is 11.9 Å². The molecule has 19 heavy (non-hydrogen) atoms. The van der Waals surface area contributed by atoms with Crippen molar-refractivity contribution in [3.63, 3.8) is 0 Å². The summed E-state index contributed by atoms with van der Waals surface area (Å²) >= 11 is 0. The number of aryl methyl sites for hydroxylation is 1. The second-order valence-electron chi connectivity index (χ2n) is 4.02. The average Bonchev–Trinajstić information content (AvgIpc) is 2.44. The van der Waals surface area contributed by atoms with Crippen molar-refractivity contribution in [1.82, 2.24) is 9.97 Å². The predicted octanol–water partition coefficient (Wildman–Crippen LogP) is 1.85. The van der Waals surface area contributed by atoms with E-state index in [4.69, 9.17) is 4.74 Å². The summed E-state index contributed by atoms with van der Waals surface area (Å²) in [6, 6.07) is 11.0. The van der Waals surface area contributed by atoms with E-state index in [0.29, 0.717) is 11.7 Å². The van der Waals surface area contributed by atoms with Crippen LogP contribution in [-0.2, 0) is 4.79 Å². The SMILES string of the molecule is Cc1ccnc(NCC(=O)COc2ccccc2)n1. The van der Waals surface area contributed by atoms with Crippen LogP contribution in [0.25, 0.3) is 0 Å². The first-order chi connectivity index (χ1) is 9.24. The summed E-state index contributed by atoms with van der Waals surface area (Å²) in [5.74, 6) is 1.07. The van der Waals surface area contributed by atoms with Crippen molar-refractivity contribution in [3.8, 4) is 5.75 Å². The van der Waals surface area contributed by atoms with E-state index in [9.17, 15) is 4.79 Å². The predicted molar refractivity (Wildman–Crippen MR) is 72.2 cm³/mol. The Bertz CT molecular complexity index is 543. The number of benzene rings is 1. The number of carbonyl (C=O) groups excluding carboxylic acids is 1. The van der Waals surface area contributed by atoms with E-state index in [0.717, 1.165) is 5.69 Å². The molecule has 1 N–H and O–H groups in total. The molecule has 1 aromatic carbocycles. The van der Waals surface area contributed by atoms with E-state index in [1.54, 1.807) is 12.3 Å². The van der Waals surface area contributed by atoms with Crippen molar-refractivity contribution < 1.29 is 9.53 Å². The van der Waals surface area contributed by atoms with E-state index < -0.39 is 0 Å². The summed E-state index contributed by atoms with van der Waals surface area (Å²) in [6.45, 7) is 2.05. The number of rotatable bonds is 6. The molecule has 0 aliphatic rings. The molecule has 0 saturated heterocycles.